The monoisotopic (exact) mass is 377 g/mol. The highest BCUT2D eigenvalue weighted by Crippen LogP contribution is 2.22. The van der Waals surface area contributed by atoms with Crippen LogP contribution in [0.3, 0.4) is 0 Å². The number of carbonyl (C=O) groups is 1. The maximum Gasteiger partial charge on any atom is 0.255 e. The molecule has 0 unspecified atom stereocenters. The molecule has 0 saturated heterocycles. The van der Waals surface area contributed by atoms with E-state index in [1.807, 2.05) is 32.0 Å². The van der Waals surface area contributed by atoms with E-state index >= 15 is 0 Å². The van der Waals surface area contributed by atoms with Crippen LogP contribution >= 0.6 is 31.9 Å². The molecule has 0 heterocycles. The van der Waals surface area contributed by atoms with E-state index < -0.39 is 0 Å². The number of carbonyl (C=O) groups excluding carboxylic acids is 1. The fourth-order valence-corrected chi connectivity index (χ4v) is 2.33. The van der Waals surface area contributed by atoms with Gasteiger partial charge in [0.1, 0.15) is 0 Å². The summed E-state index contributed by atoms with van der Waals surface area (Å²) < 4.78 is 7.00. The molecule has 3 nitrogen and oxygen atoms in total. The number of hydrogen-bond acceptors (Lipinski definition) is 2. The molecule has 100 valence electrons. The number of halogens is 2. The van der Waals surface area contributed by atoms with Crippen molar-refractivity contribution in [3.8, 4) is 0 Å². The van der Waals surface area contributed by atoms with Crippen molar-refractivity contribution in [1.29, 1.82) is 0 Å². The third-order valence-corrected chi connectivity index (χ3v) is 3.72. The van der Waals surface area contributed by atoms with Gasteiger partial charge in [0.25, 0.3) is 5.91 Å². The van der Waals surface area contributed by atoms with Crippen molar-refractivity contribution in [2.24, 2.45) is 0 Å². The van der Waals surface area contributed by atoms with E-state index in [0.29, 0.717) is 31.9 Å². The minimum atomic E-state index is 0.0189. The molecule has 0 aliphatic heterocycles. The van der Waals surface area contributed by atoms with E-state index in [9.17, 15) is 4.79 Å². The van der Waals surface area contributed by atoms with E-state index in [1.165, 1.54) is 0 Å². The third-order valence-electron chi connectivity index (χ3n) is 2.54. The molecule has 0 aliphatic rings. The molecule has 18 heavy (non-hydrogen) atoms. The van der Waals surface area contributed by atoms with E-state index in [-0.39, 0.29) is 5.91 Å². The van der Waals surface area contributed by atoms with Gasteiger partial charge in [0.15, 0.2) is 0 Å². The van der Waals surface area contributed by atoms with Gasteiger partial charge < -0.3 is 9.64 Å². The first kappa shape index (κ1) is 15.7. The molecule has 0 bridgehead atoms. The lowest BCUT2D eigenvalue weighted by Gasteiger charge is -2.21. The summed E-state index contributed by atoms with van der Waals surface area (Å²) >= 11 is 6.79. The predicted octanol–water partition coefficient (Wildman–Crippen LogP) is 3.71. The molecule has 0 atom stereocenters. The van der Waals surface area contributed by atoms with Crippen molar-refractivity contribution in [3.05, 3.63) is 32.7 Å². The molecule has 1 amide bonds. The fourth-order valence-electron chi connectivity index (χ4n) is 1.55. The van der Waals surface area contributed by atoms with Crippen LogP contribution in [0.25, 0.3) is 0 Å². The van der Waals surface area contributed by atoms with Gasteiger partial charge in [-0.15, -0.1) is 0 Å². The molecule has 0 aromatic heterocycles. The molecule has 0 saturated carbocycles. The molecule has 1 rings (SSSR count). The predicted molar refractivity (Wildman–Crippen MR) is 79.9 cm³/mol. The number of nitrogens with zero attached hydrogens (tertiary/aromatic N) is 1. The standard InChI is InChI=1S/C13H17Br2NO2/c1-3-16(7-8-18-4-2)13(17)11-9-10(14)5-6-12(11)15/h5-6,9H,3-4,7-8H2,1-2H3. The van der Waals surface area contributed by atoms with Crippen LogP contribution in [0.2, 0.25) is 0 Å². The Balaban J connectivity index is 2.79. The number of ether oxygens (including phenoxy) is 1. The molecule has 1 aromatic carbocycles. The lowest BCUT2D eigenvalue weighted by atomic mass is 10.2. The zero-order chi connectivity index (χ0) is 13.5. The summed E-state index contributed by atoms with van der Waals surface area (Å²) in [6.07, 6.45) is 0. The topological polar surface area (TPSA) is 29.5 Å². The first-order valence-electron chi connectivity index (χ1n) is 5.92. The van der Waals surface area contributed by atoms with Crippen molar-refractivity contribution in [2.45, 2.75) is 13.8 Å². The van der Waals surface area contributed by atoms with Crippen LogP contribution in [0.4, 0.5) is 0 Å². The maximum absolute atomic E-state index is 12.4. The minimum Gasteiger partial charge on any atom is -0.380 e. The summed E-state index contributed by atoms with van der Waals surface area (Å²) in [5.74, 6) is 0.0189. The van der Waals surface area contributed by atoms with Crippen molar-refractivity contribution < 1.29 is 9.53 Å². The first-order chi connectivity index (χ1) is 8.60. The van der Waals surface area contributed by atoms with Gasteiger partial charge in [0, 0.05) is 28.6 Å². The Hall–Kier alpha value is -0.390. The SMILES string of the molecule is CCOCCN(CC)C(=O)c1cc(Br)ccc1Br. The summed E-state index contributed by atoms with van der Waals surface area (Å²) in [7, 11) is 0. The van der Waals surface area contributed by atoms with Gasteiger partial charge >= 0.3 is 0 Å². The lowest BCUT2D eigenvalue weighted by molar-refractivity contribution is 0.0668. The van der Waals surface area contributed by atoms with Gasteiger partial charge in [-0.05, 0) is 48.0 Å². The molecule has 0 spiro atoms. The molecule has 0 N–H and O–H groups in total. The second kappa shape index (κ2) is 7.92. The zero-order valence-corrected chi connectivity index (χ0v) is 13.8. The van der Waals surface area contributed by atoms with Crippen LogP contribution in [0.1, 0.15) is 24.2 Å². The Labute approximate surface area is 125 Å². The Bertz CT molecular complexity index is 410. The second-order valence-electron chi connectivity index (χ2n) is 3.71. The van der Waals surface area contributed by atoms with Crippen molar-refractivity contribution in [1.82, 2.24) is 4.90 Å². The fraction of sp³-hybridized carbons (Fsp3) is 0.462. The summed E-state index contributed by atoms with van der Waals surface area (Å²) in [5.41, 5.74) is 0.669. The van der Waals surface area contributed by atoms with Crippen LogP contribution in [0.15, 0.2) is 27.1 Å². The van der Waals surface area contributed by atoms with Crippen LogP contribution in [-0.4, -0.2) is 37.1 Å². The van der Waals surface area contributed by atoms with Crippen molar-refractivity contribution in [3.63, 3.8) is 0 Å². The van der Waals surface area contributed by atoms with Gasteiger partial charge in [0.05, 0.1) is 12.2 Å². The molecule has 5 heteroatoms. The highest BCUT2D eigenvalue weighted by atomic mass is 79.9. The number of amides is 1. The average molecular weight is 379 g/mol. The third kappa shape index (κ3) is 4.37. The molecular formula is C13H17Br2NO2. The molecular weight excluding hydrogens is 362 g/mol. The summed E-state index contributed by atoms with van der Waals surface area (Å²) in [5, 5.41) is 0. The first-order valence-corrected chi connectivity index (χ1v) is 7.50. The largest absolute Gasteiger partial charge is 0.380 e. The van der Waals surface area contributed by atoms with Crippen molar-refractivity contribution in [2.75, 3.05) is 26.3 Å². The highest BCUT2D eigenvalue weighted by Gasteiger charge is 2.16. The minimum absolute atomic E-state index is 0.0189. The zero-order valence-electron chi connectivity index (χ0n) is 10.6. The lowest BCUT2D eigenvalue weighted by Crippen LogP contribution is -2.34. The van der Waals surface area contributed by atoms with Crippen LogP contribution < -0.4 is 0 Å². The molecule has 0 fully saturated rings. The van der Waals surface area contributed by atoms with E-state index in [4.69, 9.17) is 4.74 Å². The Kier molecular flexibility index (Phi) is 6.89. The van der Waals surface area contributed by atoms with Crippen LogP contribution in [0, 0.1) is 0 Å². The highest BCUT2D eigenvalue weighted by molar-refractivity contribution is 9.11. The molecule has 0 aliphatic carbocycles. The van der Waals surface area contributed by atoms with E-state index in [2.05, 4.69) is 31.9 Å². The Morgan fingerprint density at radius 2 is 2.06 bits per heavy atom. The number of hydrogen-bond donors (Lipinski definition) is 0. The quantitative estimate of drug-likeness (QED) is 0.706. The van der Waals surface area contributed by atoms with Crippen LogP contribution in [-0.2, 0) is 4.74 Å². The van der Waals surface area contributed by atoms with Gasteiger partial charge in [-0.1, -0.05) is 15.9 Å². The Morgan fingerprint density at radius 1 is 1.33 bits per heavy atom. The summed E-state index contributed by atoms with van der Waals surface area (Å²) in [6, 6.07) is 5.60. The second-order valence-corrected chi connectivity index (χ2v) is 5.48. The number of rotatable bonds is 6. The Morgan fingerprint density at radius 3 is 2.67 bits per heavy atom. The molecule has 0 radical (unpaired) electrons. The normalized spacial score (nSPS) is 10.4. The van der Waals surface area contributed by atoms with E-state index in [0.717, 1.165) is 8.95 Å². The molecule has 1 aromatic rings. The smallest absolute Gasteiger partial charge is 0.255 e. The number of likely N-dealkylation sites (N-methyl/N-ethyl adjacent to an activating group) is 1. The maximum atomic E-state index is 12.4. The van der Waals surface area contributed by atoms with Crippen molar-refractivity contribution >= 4 is 37.8 Å². The number of benzene rings is 1. The van der Waals surface area contributed by atoms with Gasteiger partial charge in [-0.2, -0.15) is 0 Å². The average Bonchev–Trinajstić information content (AvgIpc) is 2.37. The van der Waals surface area contributed by atoms with Gasteiger partial charge in [0.2, 0.25) is 0 Å². The van der Waals surface area contributed by atoms with Crippen LogP contribution in [0.5, 0.6) is 0 Å². The summed E-state index contributed by atoms with van der Waals surface area (Å²) in [6.45, 7) is 6.44. The van der Waals surface area contributed by atoms with Gasteiger partial charge in [-0.25, -0.2) is 0 Å². The van der Waals surface area contributed by atoms with Gasteiger partial charge in [-0.3, -0.25) is 4.79 Å². The van der Waals surface area contributed by atoms with E-state index in [1.54, 1.807) is 4.90 Å². The summed E-state index contributed by atoms with van der Waals surface area (Å²) in [4.78, 5) is 14.1.